The zero-order chi connectivity index (χ0) is 18.6. The molecule has 3 heterocycles. The van der Waals surface area contributed by atoms with Gasteiger partial charge in [-0.3, -0.25) is 9.78 Å². The number of rotatable bonds is 5. The Bertz CT molecular complexity index is 1090. The standard InChI is InChI=1S/C20H17N5OS/c1-13-24-25-19(27-13)8-10-22-20(26)16-11-18(14-5-4-9-21-12-14)23-17-7-3-2-6-15(16)17/h2-7,9,11-12H,8,10H2,1H3,(H,22,26). The number of aromatic nitrogens is 4. The summed E-state index contributed by atoms with van der Waals surface area (Å²) < 4.78 is 0. The molecule has 6 nitrogen and oxygen atoms in total. The van der Waals surface area contributed by atoms with Gasteiger partial charge in [0.15, 0.2) is 0 Å². The Hall–Kier alpha value is -3.19. The predicted molar refractivity (Wildman–Crippen MR) is 106 cm³/mol. The first-order chi connectivity index (χ1) is 13.2. The minimum absolute atomic E-state index is 0.125. The van der Waals surface area contributed by atoms with Crippen LogP contribution in [-0.2, 0) is 6.42 Å². The average molecular weight is 375 g/mol. The first-order valence-electron chi connectivity index (χ1n) is 8.58. The molecule has 0 fully saturated rings. The Morgan fingerprint density at radius 1 is 1.15 bits per heavy atom. The lowest BCUT2D eigenvalue weighted by Gasteiger charge is -2.10. The number of pyridine rings is 2. The highest BCUT2D eigenvalue weighted by Crippen LogP contribution is 2.24. The molecule has 7 heteroatoms. The van der Waals surface area contributed by atoms with Crippen LogP contribution in [-0.4, -0.2) is 32.6 Å². The SMILES string of the molecule is Cc1nnc(CCNC(=O)c2cc(-c3cccnc3)nc3ccccc23)s1. The summed E-state index contributed by atoms with van der Waals surface area (Å²) >= 11 is 1.55. The van der Waals surface area contributed by atoms with Gasteiger partial charge in [0, 0.05) is 36.3 Å². The second kappa shape index (κ2) is 7.59. The molecular weight excluding hydrogens is 358 g/mol. The van der Waals surface area contributed by atoms with Crippen LogP contribution < -0.4 is 5.32 Å². The van der Waals surface area contributed by atoms with Crippen molar-refractivity contribution < 1.29 is 4.79 Å². The number of para-hydroxylation sites is 1. The number of amides is 1. The molecule has 1 aromatic carbocycles. The van der Waals surface area contributed by atoms with E-state index in [2.05, 4.69) is 25.5 Å². The molecule has 0 aliphatic rings. The molecule has 1 N–H and O–H groups in total. The molecule has 0 spiro atoms. The van der Waals surface area contributed by atoms with Crippen LogP contribution in [0, 0.1) is 6.92 Å². The van der Waals surface area contributed by atoms with Gasteiger partial charge in [0.1, 0.15) is 10.0 Å². The van der Waals surface area contributed by atoms with E-state index in [9.17, 15) is 4.79 Å². The molecule has 1 amide bonds. The van der Waals surface area contributed by atoms with E-state index in [0.29, 0.717) is 18.5 Å². The number of nitrogens with one attached hydrogen (secondary N) is 1. The topological polar surface area (TPSA) is 80.7 Å². The zero-order valence-electron chi connectivity index (χ0n) is 14.7. The van der Waals surface area contributed by atoms with Gasteiger partial charge < -0.3 is 5.32 Å². The predicted octanol–water partition coefficient (Wildman–Crippen LogP) is 3.43. The fourth-order valence-electron chi connectivity index (χ4n) is 2.84. The van der Waals surface area contributed by atoms with Crippen LogP contribution in [0.4, 0.5) is 0 Å². The van der Waals surface area contributed by atoms with Gasteiger partial charge >= 0.3 is 0 Å². The maximum Gasteiger partial charge on any atom is 0.252 e. The van der Waals surface area contributed by atoms with E-state index in [1.807, 2.05) is 49.4 Å². The Labute approximate surface area is 160 Å². The van der Waals surface area contributed by atoms with Crippen molar-refractivity contribution in [1.29, 1.82) is 0 Å². The fourth-order valence-corrected chi connectivity index (χ4v) is 3.55. The van der Waals surface area contributed by atoms with Crippen LogP contribution in [0.3, 0.4) is 0 Å². The molecule has 0 saturated carbocycles. The molecule has 27 heavy (non-hydrogen) atoms. The summed E-state index contributed by atoms with van der Waals surface area (Å²) in [5.41, 5.74) is 2.99. The van der Waals surface area contributed by atoms with E-state index in [-0.39, 0.29) is 5.91 Å². The monoisotopic (exact) mass is 375 g/mol. The average Bonchev–Trinajstić information content (AvgIpc) is 3.12. The lowest BCUT2D eigenvalue weighted by Crippen LogP contribution is -2.26. The minimum Gasteiger partial charge on any atom is -0.352 e. The van der Waals surface area contributed by atoms with Crippen LogP contribution in [0.15, 0.2) is 54.9 Å². The van der Waals surface area contributed by atoms with Gasteiger partial charge in [-0.1, -0.05) is 18.2 Å². The molecule has 0 aliphatic carbocycles. The molecular formula is C20H17N5OS. The molecule has 0 atom stereocenters. The van der Waals surface area contributed by atoms with E-state index >= 15 is 0 Å². The third kappa shape index (κ3) is 3.83. The van der Waals surface area contributed by atoms with Crippen molar-refractivity contribution in [3.63, 3.8) is 0 Å². The van der Waals surface area contributed by atoms with Crippen LogP contribution in [0.25, 0.3) is 22.2 Å². The molecule has 4 rings (SSSR count). The van der Waals surface area contributed by atoms with Crippen LogP contribution in [0.2, 0.25) is 0 Å². The summed E-state index contributed by atoms with van der Waals surface area (Å²) in [6, 6.07) is 13.3. The van der Waals surface area contributed by atoms with Crippen molar-refractivity contribution in [2.45, 2.75) is 13.3 Å². The molecule has 0 saturated heterocycles. The van der Waals surface area contributed by atoms with Gasteiger partial charge in [-0.15, -0.1) is 21.5 Å². The van der Waals surface area contributed by atoms with E-state index < -0.39 is 0 Å². The van der Waals surface area contributed by atoms with E-state index in [1.54, 1.807) is 23.7 Å². The molecule has 0 aliphatic heterocycles. The number of nitrogens with zero attached hydrogens (tertiary/aromatic N) is 4. The number of benzene rings is 1. The largest absolute Gasteiger partial charge is 0.352 e. The van der Waals surface area contributed by atoms with Crippen molar-refractivity contribution >= 4 is 28.1 Å². The smallest absolute Gasteiger partial charge is 0.252 e. The van der Waals surface area contributed by atoms with E-state index in [1.165, 1.54) is 0 Å². The quantitative estimate of drug-likeness (QED) is 0.578. The molecule has 134 valence electrons. The summed E-state index contributed by atoms with van der Waals surface area (Å²) in [6.45, 7) is 2.43. The molecule has 0 unspecified atom stereocenters. The molecule has 4 aromatic rings. The highest BCUT2D eigenvalue weighted by molar-refractivity contribution is 7.11. The molecule has 0 bridgehead atoms. The number of hydrogen-bond acceptors (Lipinski definition) is 6. The van der Waals surface area contributed by atoms with Crippen molar-refractivity contribution in [3.05, 3.63) is 70.4 Å². The zero-order valence-corrected chi connectivity index (χ0v) is 15.5. The van der Waals surface area contributed by atoms with Crippen molar-refractivity contribution in [2.75, 3.05) is 6.54 Å². The maximum atomic E-state index is 12.9. The Balaban J connectivity index is 1.62. The van der Waals surface area contributed by atoms with Crippen molar-refractivity contribution in [1.82, 2.24) is 25.5 Å². The summed E-state index contributed by atoms with van der Waals surface area (Å²) in [5, 5.41) is 13.8. The second-order valence-corrected chi connectivity index (χ2v) is 7.30. The van der Waals surface area contributed by atoms with Crippen LogP contribution in [0.1, 0.15) is 20.4 Å². The first kappa shape index (κ1) is 17.2. The molecule has 3 aromatic heterocycles. The lowest BCUT2D eigenvalue weighted by molar-refractivity contribution is 0.0955. The first-order valence-corrected chi connectivity index (χ1v) is 9.40. The van der Waals surface area contributed by atoms with Crippen molar-refractivity contribution in [2.24, 2.45) is 0 Å². The van der Waals surface area contributed by atoms with Crippen molar-refractivity contribution in [3.8, 4) is 11.3 Å². The lowest BCUT2D eigenvalue weighted by atomic mass is 10.0. The normalized spacial score (nSPS) is 10.9. The third-order valence-corrected chi connectivity index (χ3v) is 5.01. The van der Waals surface area contributed by atoms with Crippen LogP contribution in [0.5, 0.6) is 0 Å². The minimum atomic E-state index is -0.125. The van der Waals surface area contributed by atoms with Crippen LogP contribution >= 0.6 is 11.3 Å². The van der Waals surface area contributed by atoms with E-state index in [0.717, 1.165) is 32.2 Å². The number of carbonyl (C=O) groups excluding carboxylic acids is 1. The third-order valence-electron chi connectivity index (χ3n) is 4.11. The number of hydrogen-bond donors (Lipinski definition) is 1. The summed E-state index contributed by atoms with van der Waals surface area (Å²) in [5.74, 6) is -0.125. The summed E-state index contributed by atoms with van der Waals surface area (Å²) in [4.78, 5) is 21.7. The van der Waals surface area contributed by atoms with Gasteiger partial charge in [0.25, 0.3) is 5.91 Å². The fraction of sp³-hybridized carbons (Fsp3) is 0.150. The number of carbonyl (C=O) groups is 1. The van der Waals surface area contributed by atoms with E-state index in [4.69, 9.17) is 0 Å². The number of fused-ring (bicyclic) bond motifs is 1. The summed E-state index contributed by atoms with van der Waals surface area (Å²) in [7, 11) is 0. The summed E-state index contributed by atoms with van der Waals surface area (Å²) in [6.07, 6.45) is 4.12. The second-order valence-electron chi connectivity index (χ2n) is 6.03. The van der Waals surface area contributed by atoms with Gasteiger partial charge in [0.05, 0.1) is 16.8 Å². The Morgan fingerprint density at radius 2 is 2.04 bits per heavy atom. The Kier molecular flexibility index (Phi) is 4.84. The Morgan fingerprint density at radius 3 is 2.81 bits per heavy atom. The molecule has 0 radical (unpaired) electrons. The van der Waals surface area contributed by atoms with Gasteiger partial charge in [-0.2, -0.15) is 0 Å². The maximum absolute atomic E-state index is 12.9. The van der Waals surface area contributed by atoms with Gasteiger partial charge in [0.2, 0.25) is 0 Å². The van der Waals surface area contributed by atoms with Gasteiger partial charge in [-0.25, -0.2) is 4.98 Å². The highest BCUT2D eigenvalue weighted by atomic mass is 32.1. The number of aryl methyl sites for hydroxylation is 1. The highest BCUT2D eigenvalue weighted by Gasteiger charge is 2.14. The van der Waals surface area contributed by atoms with Gasteiger partial charge in [-0.05, 0) is 31.2 Å².